The maximum Gasteiger partial charge on any atom is 0.320 e. The van der Waals surface area contributed by atoms with E-state index in [1.165, 1.54) is 0 Å². The molecule has 118 valence electrons. The van der Waals surface area contributed by atoms with Crippen molar-refractivity contribution in [2.45, 2.75) is 32.1 Å². The molecule has 2 aliphatic rings. The number of aliphatic carboxylic acids is 1. The average Bonchev–Trinajstić information content (AvgIpc) is 3.00. The molecule has 0 spiro atoms. The molecule has 7 heteroatoms. The lowest BCUT2D eigenvalue weighted by atomic mass is 9.97. The molecule has 0 bridgehead atoms. The Morgan fingerprint density at radius 2 is 1.71 bits per heavy atom. The minimum Gasteiger partial charge on any atom is -0.481 e. The first-order valence-corrected chi connectivity index (χ1v) is 7.61. The maximum absolute atomic E-state index is 12.3. The number of hydrogen-bond donors (Lipinski definition) is 2. The Labute approximate surface area is 124 Å². The molecule has 0 aromatic rings. The number of amides is 3. The van der Waals surface area contributed by atoms with E-state index in [-0.39, 0.29) is 30.8 Å². The van der Waals surface area contributed by atoms with E-state index in [1.807, 2.05) is 4.90 Å². The zero-order valence-electron chi connectivity index (χ0n) is 12.2. The van der Waals surface area contributed by atoms with Crippen molar-refractivity contribution in [3.8, 4) is 0 Å². The number of nitrogens with one attached hydrogen (secondary N) is 1. The van der Waals surface area contributed by atoms with E-state index in [0.717, 1.165) is 38.8 Å². The molecule has 7 nitrogen and oxygen atoms in total. The Balaban J connectivity index is 1.80. The Morgan fingerprint density at radius 3 is 2.38 bits per heavy atom. The van der Waals surface area contributed by atoms with E-state index in [0.29, 0.717) is 13.1 Å². The fourth-order valence-corrected chi connectivity index (χ4v) is 2.91. The van der Waals surface area contributed by atoms with Gasteiger partial charge in [-0.25, -0.2) is 4.79 Å². The van der Waals surface area contributed by atoms with Crippen LogP contribution < -0.4 is 5.32 Å². The Bertz CT molecular complexity index is 407. The summed E-state index contributed by atoms with van der Waals surface area (Å²) in [5.74, 6) is -1.29. The van der Waals surface area contributed by atoms with Crippen molar-refractivity contribution < 1.29 is 19.5 Å². The summed E-state index contributed by atoms with van der Waals surface area (Å²) in [7, 11) is 0. The molecule has 0 aromatic heterocycles. The van der Waals surface area contributed by atoms with Crippen LogP contribution in [0.25, 0.3) is 0 Å². The molecule has 0 aliphatic carbocycles. The molecule has 2 N–H and O–H groups in total. The van der Waals surface area contributed by atoms with Crippen LogP contribution in [0, 0.1) is 5.92 Å². The van der Waals surface area contributed by atoms with Crippen LogP contribution in [0.4, 0.5) is 4.79 Å². The van der Waals surface area contributed by atoms with E-state index in [2.05, 4.69) is 5.32 Å². The van der Waals surface area contributed by atoms with Gasteiger partial charge in [0.15, 0.2) is 0 Å². The smallest absolute Gasteiger partial charge is 0.320 e. The highest BCUT2D eigenvalue weighted by atomic mass is 16.4. The second-order valence-electron chi connectivity index (χ2n) is 5.70. The van der Waals surface area contributed by atoms with Crippen molar-refractivity contribution >= 4 is 17.9 Å². The summed E-state index contributed by atoms with van der Waals surface area (Å²) in [5.41, 5.74) is 0. The maximum atomic E-state index is 12.3. The minimum atomic E-state index is -0.926. The number of piperidine rings is 1. The third kappa shape index (κ3) is 4.34. The van der Waals surface area contributed by atoms with Gasteiger partial charge in [0.2, 0.25) is 5.91 Å². The minimum absolute atomic E-state index is 0.0375. The first kappa shape index (κ1) is 15.6. The van der Waals surface area contributed by atoms with Crippen molar-refractivity contribution in [1.29, 1.82) is 0 Å². The summed E-state index contributed by atoms with van der Waals surface area (Å²) in [6.45, 7) is 2.91. The number of likely N-dealkylation sites (tertiary alicyclic amines) is 2. The van der Waals surface area contributed by atoms with Crippen LogP contribution in [0.3, 0.4) is 0 Å². The zero-order valence-corrected chi connectivity index (χ0v) is 12.2. The lowest BCUT2D eigenvalue weighted by molar-refractivity contribution is -0.137. The van der Waals surface area contributed by atoms with Crippen LogP contribution in [-0.4, -0.2) is 65.5 Å². The van der Waals surface area contributed by atoms with Crippen LogP contribution in [0.2, 0.25) is 0 Å². The third-order valence-corrected chi connectivity index (χ3v) is 4.08. The molecule has 1 unspecified atom stereocenters. The molecule has 3 amide bonds. The number of nitrogens with zero attached hydrogens (tertiary/aromatic N) is 2. The van der Waals surface area contributed by atoms with Gasteiger partial charge in [-0.3, -0.25) is 9.59 Å². The zero-order chi connectivity index (χ0) is 15.2. The van der Waals surface area contributed by atoms with Gasteiger partial charge in [0.1, 0.15) is 0 Å². The van der Waals surface area contributed by atoms with Gasteiger partial charge >= 0.3 is 12.0 Å². The van der Waals surface area contributed by atoms with Gasteiger partial charge in [0.25, 0.3) is 0 Å². The number of rotatable bonds is 4. The van der Waals surface area contributed by atoms with Crippen LogP contribution >= 0.6 is 0 Å². The summed E-state index contributed by atoms with van der Waals surface area (Å²) < 4.78 is 0. The Morgan fingerprint density at radius 1 is 1.05 bits per heavy atom. The number of carboxylic acid groups (broad SMARTS) is 1. The lowest BCUT2D eigenvalue weighted by Gasteiger charge is -2.34. The van der Waals surface area contributed by atoms with E-state index < -0.39 is 5.97 Å². The molecule has 2 heterocycles. The molecule has 2 rings (SSSR count). The van der Waals surface area contributed by atoms with Gasteiger partial charge in [-0.1, -0.05) is 0 Å². The largest absolute Gasteiger partial charge is 0.481 e. The lowest BCUT2D eigenvalue weighted by Crippen LogP contribution is -2.49. The van der Waals surface area contributed by atoms with Crippen LogP contribution in [0.5, 0.6) is 0 Å². The highest BCUT2D eigenvalue weighted by Crippen LogP contribution is 2.19. The van der Waals surface area contributed by atoms with E-state index in [9.17, 15) is 14.4 Å². The van der Waals surface area contributed by atoms with Crippen LogP contribution in [0.15, 0.2) is 0 Å². The normalized spacial score (nSPS) is 22.2. The number of carbonyl (C=O) groups is 3. The summed E-state index contributed by atoms with van der Waals surface area (Å²) >= 11 is 0. The van der Waals surface area contributed by atoms with Crippen molar-refractivity contribution in [3.63, 3.8) is 0 Å². The second-order valence-corrected chi connectivity index (χ2v) is 5.70. The third-order valence-electron chi connectivity index (χ3n) is 4.08. The van der Waals surface area contributed by atoms with E-state index in [1.54, 1.807) is 4.90 Å². The summed E-state index contributed by atoms with van der Waals surface area (Å²) in [6, 6.07) is 0.0375. The van der Waals surface area contributed by atoms with Gasteiger partial charge < -0.3 is 20.2 Å². The van der Waals surface area contributed by atoms with Gasteiger partial charge in [0, 0.05) is 32.7 Å². The standard InChI is InChI=1S/C14H23N3O4/c18-12(19)5-6-15-13(20)11-4-3-9-17(10-11)14(21)16-7-1-2-8-16/h11H,1-10H2,(H,15,20)(H,18,19). The molecule has 2 fully saturated rings. The Hall–Kier alpha value is -1.79. The molecule has 0 aromatic carbocycles. The van der Waals surface area contributed by atoms with Crippen molar-refractivity contribution in [2.24, 2.45) is 5.92 Å². The highest BCUT2D eigenvalue weighted by molar-refractivity contribution is 5.81. The second kappa shape index (κ2) is 7.28. The monoisotopic (exact) mass is 297 g/mol. The van der Waals surface area contributed by atoms with Crippen LogP contribution in [-0.2, 0) is 9.59 Å². The predicted octanol–water partition coefficient (Wildman–Crippen LogP) is 0.505. The topological polar surface area (TPSA) is 90.0 Å². The molecule has 1 atom stereocenters. The molecule has 21 heavy (non-hydrogen) atoms. The molecular formula is C14H23N3O4. The van der Waals surface area contributed by atoms with Gasteiger partial charge in [-0.2, -0.15) is 0 Å². The molecule has 2 saturated heterocycles. The first-order valence-electron chi connectivity index (χ1n) is 7.61. The average molecular weight is 297 g/mol. The van der Waals surface area contributed by atoms with Crippen molar-refractivity contribution in [2.75, 3.05) is 32.7 Å². The quantitative estimate of drug-likeness (QED) is 0.791. The number of hydrogen-bond acceptors (Lipinski definition) is 3. The van der Waals surface area contributed by atoms with E-state index >= 15 is 0 Å². The summed E-state index contributed by atoms with van der Waals surface area (Å²) in [4.78, 5) is 38.4. The first-order chi connectivity index (χ1) is 10.1. The fraction of sp³-hybridized carbons (Fsp3) is 0.786. The van der Waals surface area contributed by atoms with Crippen molar-refractivity contribution in [1.82, 2.24) is 15.1 Å². The molecule has 0 radical (unpaired) electrons. The molecular weight excluding hydrogens is 274 g/mol. The summed E-state index contributed by atoms with van der Waals surface area (Å²) in [5, 5.41) is 11.2. The predicted molar refractivity (Wildman–Crippen MR) is 75.8 cm³/mol. The number of urea groups is 1. The van der Waals surface area contributed by atoms with Gasteiger partial charge in [-0.05, 0) is 25.7 Å². The molecule has 2 aliphatic heterocycles. The SMILES string of the molecule is O=C(O)CCNC(=O)C1CCCN(C(=O)N2CCCC2)C1. The van der Waals surface area contributed by atoms with Gasteiger partial charge in [0.05, 0.1) is 12.3 Å². The van der Waals surface area contributed by atoms with Crippen LogP contribution in [0.1, 0.15) is 32.1 Å². The van der Waals surface area contributed by atoms with Crippen molar-refractivity contribution in [3.05, 3.63) is 0 Å². The van der Waals surface area contributed by atoms with Gasteiger partial charge in [-0.15, -0.1) is 0 Å². The fourth-order valence-electron chi connectivity index (χ4n) is 2.91. The molecule has 0 saturated carbocycles. The summed E-state index contributed by atoms with van der Waals surface area (Å²) in [6.07, 6.45) is 3.60. The number of carbonyl (C=O) groups excluding carboxylic acids is 2. The highest BCUT2D eigenvalue weighted by Gasteiger charge is 2.31. The Kier molecular flexibility index (Phi) is 5.41. The van der Waals surface area contributed by atoms with E-state index in [4.69, 9.17) is 5.11 Å². The number of carboxylic acids is 1.